The number of allylic oxidation sites excluding steroid dienone is 5. The quantitative estimate of drug-likeness (QED) is 0.848. The van der Waals surface area contributed by atoms with Crippen molar-refractivity contribution in [3.05, 3.63) is 71.3 Å². The lowest BCUT2D eigenvalue weighted by atomic mass is 9.63. The van der Waals surface area contributed by atoms with E-state index in [9.17, 15) is 9.90 Å². The molecule has 3 nitrogen and oxygen atoms in total. The van der Waals surface area contributed by atoms with E-state index >= 15 is 0 Å². The fourth-order valence-corrected chi connectivity index (χ4v) is 3.49. The van der Waals surface area contributed by atoms with E-state index in [0.29, 0.717) is 5.56 Å². The number of hydrogen-bond acceptors (Lipinski definition) is 3. The van der Waals surface area contributed by atoms with Gasteiger partial charge < -0.3 is 9.84 Å². The smallest absolute Gasteiger partial charge is 0.338 e. The van der Waals surface area contributed by atoms with Crippen molar-refractivity contribution in [2.45, 2.75) is 33.0 Å². The molecule has 2 aliphatic rings. The Morgan fingerprint density at radius 2 is 1.91 bits per heavy atom. The Balaban J connectivity index is 1.88. The first-order valence-corrected chi connectivity index (χ1v) is 7.96. The van der Waals surface area contributed by atoms with Crippen molar-refractivity contribution >= 4 is 5.97 Å². The molecule has 3 heteroatoms. The van der Waals surface area contributed by atoms with Crippen molar-refractivity contribution in [1.29, 1.82) is 0 Å². The number of aliphatic hydroxyl groups excluding tert-OH is 1. The number of benzene rings is 1. The highest BCUT2D eigenvalue weighted by atomic mass is 16.6. The molecule has 23 heavy (non-hydrogen) atoms. The number of hydrogen-bond donors (Lipinski definition) is 1. The molecule has 4 atom stereocenters. The van der Waals surface area contributed by atoms with Crippen LogP contribution in [0.3, 0.4) is 0 Å². The molecule has 0 saturated heterocycles. The van der Waals surface area contributed by atoms with Gasteiger partial charge in [-0.2, -0.15) is 0 Å². The zero-order chi connectivity index (χ0) is 16.6. The first-order valence-electron chi connectivity index (χ1n) is 7.96. The predicted molar refractivity (Wildman–Crippen MR) is 89.9 cm³/mol. The molecule has 1 aromatic rings. The van der Waals surface area contributed by atoms with Gasteiger partial charge in [0.05, 0.1) is 5.56 Å². The van der Waals surface area contributed by atoms with Gasteiger partial charge in [0.25, 0.3) is 0 Å². The Labute approximate surface area is 137 Å². The van der Waals surface area contributed by atoms with Gasteiger partial charge in [-0.25, -0.2) is 4.79 Å². The third-order valence-corrected chi connectivity index (χ3v) is 5.05. The summed E-state index contributed by atoms with van der Waals surface area (Å²) < 4.78 is 5.66. The van der Waals surface area contributed by atoms with Crippen LogP contribution in [0.25, 0.3) is 0 Å². The van der Waals surface area contributed by atoms with Crippen LogP contribution in [0.4, 0.5) is 0 Å². The number of rotatable bonds is 2. The van der Waals surface area contributed by atoms with Crippen LogP contribution in [-0.2, 0) is 4.74 Å². The molecule has 3 rings (SSSR count). The monoisotopic (exact) mass is 310 g/mol. The average Bonchev–Trinajstić information content (AvgIpc) is 2.54. The molecule has 2 aliphatic carbocycles. The summed E-state index contributed by atoms with van der Waals surface area (Å²) in [5.74, 6) is -0.418. The van der Waals surface area contributed by atoms with Crippen LogP contribution in [0, 0.1) is 11.3 Å². The van der Waals surface area contributed by atoms with E-state index in [0.717, 1.165) is 5.57 Å². The van der Waals surface area contributed by atoms with Crippen molar-refractivity contribution in [1.82, 2.24) is 0 Å². The van der Waals surface area contributed by atoms with Gasteiger partial charge in [-0.05, 0) is 30.7 Å². The molecule has 0 spiro atoms. The van der Waals surface area contributed by atoms with E-state index in [4.69, 9.17) is 4.74 Å². The van der Waals surface area contributed by atoms with Gasteiger partial charge in [0, 0.05) is 11.3 Å². The summed E-state index contributed by atoms with van der Waals surface area (Å²) in [5.41, 5.74) is 2.53. The summed E-state index contributed by atoms with van der Waals surface area (Å²) in [6.45, 7) is 6.22. The minimum atomic E-state index is -0.794. The zero-order valence-corrected chi connectivity index (χ0v) is 13.7. The lowest BCUT2D eigenvalue weighted by molar-refractivity contribution is -0.0469. The third-order valence-electron chi connectivity index (χ3n) is 5.05. The number of esters is 1. The molecular formula is C20H22O3. The second kappa shape index (κ2) is 5.82. The molecule has 0 amide bonds. The van der Waals surface area contributed by atoms with Crippen molar-refractivity contribution < 1.29 is 14.6 Å². The van der Waals surface area contributed by atoms with Gasteiger partial charge in [-0.1, -0.05) is 55.8 Å². The van der Waals surface area contributed by atoms with Crippen LogP contribution >= 0.6 is 0 Å². The summed E-state index contributed by atoms with van der Waals surface area (Å²) in [7, 11) is 0. The Bertz CT molecular complexity index is 699. The Morgan fingerprint density at radius 1 is 1.22 bits per heavy atom. The van der Waals surface area contributed by atoms with E-state index < -0.39 is 18.2 Å². The van der Waals surface area contributed by atoms with Crippen LogP contribution in [-0.4, -0.2) is 23.3 Å². The molecule has 0 heterocycles. The summed E-state index contributed by atoms with van der Waals surface area (Å²) in [6.07, 6.45) is 6.73. The highest BCUT2D eigenvalue weighted by Crippen LogP contribution is 2.47. The minimum absolute atomic E-state index is 0.0231. The standard InChI is InChI=1S/C20H22O3/c1-13-9-10-16-11-17(21)18(14(2)20(16,3)12-13)23-19(22)15-7-5-4-6-8-15/h4-12,14,17-18,21H,1-3H3/t14-,17-,18+,20+/m0/s1. The van der Waals surface area contributed by atoms with Crippen molar-refractivity contribution in [2.75, 3.05) is 0 Å². The molecule has 0 fully saturated rings. The SMILES string of the molecule is CC1=C[C@@]2(C)C(=C[C@H](O)[C@H](OC(=O)c3ccccc3)[C@@H]2C)C=C1. The summed E-state index contributed by atoms with van der Waals surface area (Å²) in [4.78, 5) is 12.3. The summed E-state index contributed by atoms with van der Waals surface area (Å²) >= 11 is 0. The van der Waals surface area contributed by atoms with E-state index in [1.165, 1.54) is 5.57 Å². The van der Waals surface area contributed by atoms with Crippen molar-refractivity contribution in [3.8, 4) is 0 Å². The maximum atomic E-state index is 12.3. The van der Waals surface area contributed by atoms with Crippen LogP contribution in [0.2, 0.25) is 0 Å². The Kier molecular flexibility index (Phi) is 3.99. The largest absolute Gasteiger partial charge is 0.455 e. The molecule has 0 saturated carbocycles. The first kappa shape index (κ1) is 15.8. The number of aliphatic hydroxyl groups is 1. The molecule has 0 radical (unpaired) electrons. The van der Waals surface area contributed by atoms with Crippen LogP contribution in [0.5, 0.6) is 0 Å². The second-order valence-corrected chi connectivity index (χ2v) is 6.64. The van der Waals surface area contributed by atoms with E-state index in [-0.39, 0.29) is 11.3 Å². The summed E-state index contributed by atoms with van der Waals surface area (Å²) in [5, 5.41) is 10.4. The molecule has 0 aromatic heterocycles. The van der Waals surface area contributed by atoms with E-state index in [1.807, 2.05) is 31.2 Å². The molecular weight excluding hydrogens is 288 g/mol. The van der Waals surface area contributed by atoms with Crippen LogP contribution in [0.15, 0.2) is 65.8 Å². The zero-order valence-electron chi connectivity index (χ0n) is 13.7. The van der Waals surface area contributed by atoms with Gasteiger partial charge in [0.1, 0.15) is 12.2 Å². The maximum Gasteiger partial charge on any atom is 0.338 e. The van der Waals surface area contributed by atoms with Gasteiger partial charge in [-0.3, -0.25) is 0 Å². The average molecular weight is 310 g/mol. The van der Waals surface area contributed by atoms with Crippen molar-refractivity contribution in [2.24, 2.45) is 11.3 Å². The van der Waals surface area contributed by atoms with Gasteiger partial charge in [-0.15, -0.1) is 0 Å². The Morgan fingerprint density at radius 3 is 2.61 bits per heavy atom. The third kappa shape index (κ3) is 2.77. The Hall–Kier alpha value is -2.13. The normalized spacial score (nSPS) is 32.6. The fourth-order valence-electron chi connectivity index (χ4n) is 3.49. The van der Waals surface area contributed by atoms with Gasteiger partial charge in [0.15, 0.2) is 0 Å². The van der Waals surface area contributed by atoms with Crippen molar-refractivity contribution in [3.63, 3.8) is 0 Å². The molecule has 0 aliphatic heterocycles. The number of ether oxygens (including phenoxy) is 1. The van der Waals surface area contributed by atoms with Gasteiger partial charge >= 0.3 is 5.97 Å². The van der Waals surface area contributed by atoms with Crippen LogP contribution < -0.4 is 0 Å². The minimum Gasteiger partial charge on any atom is -0.455 e. The number of carbonyl (C=O) groups is 1. The molecule has 0 unspecified atom stereocenters. The van der Waals surface area contributed by atoms with Gasteiger partial charge in [0.2, 0.25) is 0 Å². The molecule has 1 N–H and O–H groups in total. The second-order valence-electron chi connectivity index (χ2n) is 6.64. The molecule has 0 bridgehead atoms. The first-order chi connectivity index (χ1) is 10.9. The van der Waals surface area contributed by atoms with E-state index in [2.05, 4.69) is 19.9 Å². The number of carbonyl (C=O) groups excluding carboxylic acids is 1. The fraction of sp³-hybridized carbons (Fsp3) is 0.350. The molecule has 1 aromatic carbocycles. The predicted octanol–water partition coefficient (Wildman–Crippen LogP) is 3.67. The summed E-state index contributed by atoms with van der Waals surface area (Å²) in [6, 6.07) is 8.90. The molecule has 120 valence electrons. The number of fused-ring (bicyclic) bond motifs is 1. The lowest BCUT2D eigenvalue weighted by Crippen LogP contribution is -2.47. The highest BCUT2D eigenvalue weighted by Gasteiger charge is 2.46. The van der Waals surface area contributed by atoms with E-state index in [1.54, 1.807) is 24.3 Å². The highest BCUT2D eigenvalue weighted by molar-refractivity contribution is 5.89. The lowest BCUT2D eigenvalue weighted by Gasteiger charge is -2.45. The maximum absolute atomic E-state index is 12.3. The topological polar surface area (TPSA) is 46.5 Å². The van der Waals surface area contributed by atoms with Crippen LogP contribution in [0.1, 0.15) is 31.1 Å².